The van der Waals surface area contributed by atoms with E-state index in [1.807, 2.05) is 30.3 Å². The number of imide groups is 1. The lowest BCUT2D eigenvalue weighted by Gasteiger charge is -2.38. The number of halogens is 3. The number of rotatable bonds is 2. The Morgan fingerprint density at radius 1 is 1.00 bits per heavy atom. The third-order valence-electron chi connectivity index (χ3n) is 4.59. The zero-order valence-corrected chi connectivity index (χ0v) is 13.7. The van der Waals surface area contributed by atoms with Gasteiger partial charge in [0.15, 0.2) is 0 Å². The second kappa shape index (κ2) is 5.72. The fourth-order valence-electron chi connectivity index (χ4n) is 3.33. The minimum absolute atomic E-state index is 0.124. The smallest absolute Gasteiger partial charge is 0.281 e. The van der Waals surface area contributed by atoms with Crippen molar-refractivity contribution < 1.29 is 22.8 Å². The van der Waals surface area contributed by atoms with Crippen molar-refractivity contribution in [3.63, 3.8) is 0 Å². The highest BCUT2D eigenvalue weighted by atomic mass is 19.4. The molecule has 0 fully saturated rings. The molecule has 0 spiro atoms. The van der Waals surface area contributed by atoms with Crippen LogP contribution in [0, 0.1) is 0 Å². The van der Waals surface area contributed by atoms with Gasteiger partial charge in [0.25, 0.3) is 5.91 Å². The number of fused-ring (bicyclic) bond motifs is 1. The summed E-state index contributed by atoms with van der Waals surface area (Å²) in [4.78, 5) is 25.7. The number of nitrogens with zero attached hydrogens (tertiary/aromatic N) is 1. The van der Waals surface area contributed by atoms with Gasteiger partial charge in [-0.15, -0.1) is 0 Å². The number of hydrogen-bond acceptors (Lipinski definition) is 2. The summed E-state index contributed by atoms with van der Waals surface area (Å²) in [6, 6.07) is 13.8. The average molecular weight is 347 g/mol. The predicted octanol–water partition coefficient (Wildman–Crippen LogP) is 4.18. The van der Waals surface area contributed by atoms with Gasteiger partial charge in [-0.25, -0.2) is 0 Å². The predicted molar refractivity (Wildman–Crippen MR) is 87.0 cm³/mol. The summed E-state index contributed by atoms with van der Waals surface area (Å²) in [5.41, 5.74) is -0.106. The lowest BCUT2D eigenvalue weighted by molar-refractivity contribution is -0.161. The van der Waals surface area contributed by atoms with Gasteiger partial charge in [0.1, 0.15) is 0 Å². The maximum Gasteiger partial charge on any atom is 0.390 e. The van der Waals surface area contributed by atoms with Crippen LogP contribution in [0.1, 0.15) is 29.3 Å². The molecule has 0 radical (unpaired) electrons. The van der Waals surface area contributed by atoms with E-state index in [1.54, 1.807) is 6.07 Å². The molecule has 1 atom stereocenters. The van der Waals surface area contributed by atoms with Crippen molar-refractivity contribution in [1.82, 2.24) is 4.90 Å². The minimum atomic E-state index is -4.54. The molecule has 0 saturated heterocycles. The molecule has 1 heterocycles. The van der Waals surface area contributed by atoms with E-state index in [4.69, 9.17) is 0 Å². The van der Waals surface area contributed by atoms with Crippen LogP contribution in [0.25, 0.3) is 11.1 Å². The summed E-state index contributed by atoms with van der Waals surface area (Å²) in [6.07, 6.45) is -5.85. The topological polar surface area (TPSA) is 37.4 Å². The summed E-state index contributed by atoms with van der Waals surface area (Å²) in [5, 5.41) is 0. The number of benzene rings is 2. The molecular formula is C19H16F3NO2. The van der Waals surface area contributed by atoms with Crippen molar-refractivity contribution in [2.75, 3.05) is 7.05 Å². The number of hydrogen-bond donors (Lipinski definition) is 0. The molecular weight excluding hydrogens is 331 g/mol. The molecule has 2 aromatic carbocycles. The van der Waals surface area contributed by atoms with E-state index >= 15 is 0 Å². The first-order valence-corrected chi connectivity index (χ1v) is 7.73. The Hall–Kier alpha value is -2.63. The first-order valence-electron chi connectivity index (χ1n) is 7.73. The van der Waals surface area contributed by atoms with E-state index in [0.29, 0.717) is 5.56 Å². The van der Waals surface area contributed by atoms with Crippen molar-refractivity contribution in [3.05, 3.63) is 59.7 Å². The molecule has 130 valence electrons. The highest BCUT2D eigenvalue weighted by Gasteiger charge is 2.52. The molecule has 2 aromatic rings. The summed E-state index contributed by atoms with van der Waals surface area (Å²) in [7, 11) is 1.22. The molecule has 6 heteroatoms. The Morgan fingerprint density at radius 2 is 1.64 bits per heavy atom. The molecule has 25 heavy (non-hydrogen) atoms. The van der Waals surface area contributed by atoms with Crippen LogP contribution in [-0.4, -0.2) is 29.9 Å². The molecule has 1 aliphatic heterocycles. The number of carbonyl (C=O) groups excluding carboxylic acids is 2. The SMILES string of the molecule is CN1C(=O)c2ccc(-c3ccccc3)cc2C(C)(CC(F)(F)F)C1=O. The van der Waals surface area contributed by atoms with Gasteiger partial charge in [-0.05, 0) is 35.7 Å². The van der Waals surface area contributed by atoms with E-state index in [1.165, 1.54) is 26.1 Å². The quantitative estimate of drug-likeness (QED) is 0.765. The Balaban J connectivity index is 2.21. The van der Waals surface area contributed by atoms with Crippen LogP contribution in [0.5, 0.6) is 0 Å². The molecule has 0 N–H and O–H groups in total. The van der Waals surface area contributed by atoms with Gasteiger partial charge in [0.05, 0.1) is 11.8 Å². The monoisotopic (exact) mass is 347 g/mol. The summed E-state index contributed by atoms with van der Waals surface area (Å²) in [5.74, 6) is -1.42. The van der Waals surface area contributed by atoms with Gasteiger partial charge < -0.3 is 0 Å². The highest BCUT2D eigenvalue weighted by Crippen LogP contribution is 2.43. The first-order chi connectivity index (χ1) is 11.6. The summed E-state index contributed by atoms with van der Waals surface area (Å²) in [6.45, 7) is 1.25. The summed E-state index contributed by atoms with van der Waals surface area (Å²) < 4.78 is 39.4. The van der Waals surface area contributed by atoms with Gasteiger partial charge in [0.2, 0.25) is 5.91 Å². The summed E-state index contributed by atoms with van der Waals surface area (Å²) >= 11 is 0. The van der Waals surface area contributed by atoms with Gasteiger partial charge >= 0.3 is 6.18 Å². The second-order valence-corrected chi connectivity index (χ2v) is 6.42. The molecule has 1 unspecified atom stereocenters. The number of likely N-dealkylation sites (N-methyl/N-ethyl adjacent to an activating group) is 1. The number of carbonyl (C=O) groups is 2. The van der Waals surface area contributed by atoms with Crippen molar-refractivity contribution in [2.24, 2.45) is 0 Å². The Kier molecular flexibility index (Phi) is 3.94. The van der Waals surface area contributed by atoms with Crippen molar-refractivity contribution in [1.29, 1.82) is 0 Å². The lowest BCUT2D eigenvalue weighted by Crippen LogP contribution is -2.52. The number of alkyl halides is 3. The standard InChI is InChI=1S/C19H16F3NO2/c1-18(11-19(20,21)22)15-10-13(12-6-4-3-5-7-12)8-9-14(15)16(24)23(2)17(18)25/h3-10H,11H2,1-2H3. The maximum absolute atomic E-state index is 13.1. The third-order valence-corrected chi connectivity index (χ3v) is 4.59. The fourth-order valence-corrected chi connectivity index (χ4v) is 3.33. The van der Waals surface area contributed by atoms with Gasteiger partial charge in [-0.2, -0.15) is 13.2 Å². The van der Waals surface area contributed by atoms with Crippen LogP contribution in [0.3, 0.4) is 0 Å². The molecule has 0 saturated carbocycles. The van der Waals surface area contributed by atoms with Crippen molar-refractivity contribution >= 4 is 11.8 Å². The average Bonchev–Trinajstić information content (AvgIpc) is 2.57. The van der Waals surface area contributed by atoms with E-state index in [2.05, 4.69) is 0 Å². The number of amides is 2. The van der Waals surface area contributed by atoms with Crippen LogP contribution >= 0.6 is 0 Å². The van der Waals surface area contributed by atoms with E-state index in [0.717, 1.165) is 10.5 Å². The molecule has 0 aliphatic carbocycles. The Bertz CT molecular complexity index is 845. The van der Waals surface area contributed by atoms with Crippen LogP contribution in [-0.2, 0) is 10.2 Å². The molecule has 0 aromatic heterocycles. The molecule has 1 aliphatic rings. The second-order valence-electron chi connectivity index (χ2n) is 6.42. The van der Waals surface area contributed by atoms with Crippen LogP contribution < -0.4 is 0 Å². The maximum atomic E-state index is 13.1. The Labute approximate surface area is 143 Å². The van der Waals surface area contributed by atoms with Crippen LogP contribution in [0.4, 0.5) is 13.2 Å². The zero-order valence-electron chi connectivity index (χ0n) is 13.7. The van der Waals surface area contributed by atoms with Gasteiger partial charge in [0, 0.05) is 12.6 Å². The van der Waals surface area contributed by atoms with E-state index in [9.17, 15) is 22.8 Å². The minimum Gasteiger partial charge on any atom is -0.281 e. The molecule has 2 amide bonds. The largest absolute Gasteiger partial charge is 0.390 e. The van der Waals surface area contributed by atoms with E-state index in [-0.39, 0.29) is 11.1 Å². The van der Waals surface area contributed by atoms with Crippen LogP contribution in [0.2, 0.25) is 0 Å². The third kappa shape index (κ3) is 2.92. The normalized spacial score (nSPS) is 20.6. The Morgan fingerprint density at radius 3 is 2.24 bits per heavy atom. The highest BCUT2D eigenvalue weighted by molar-refractivity contribution is 6.13. The fraction of sp³-hybridized carbons (Fsp3) is 0.263. The molecule has 3 rings (SSSR count). The lowest BCUT2D eigenvalue weighted by atomic mass is 9.72. The van der Waals surface area contributed by atoms with Gasteiger partial charge in [-0.1, -0.05) is 36.4 Å². The van der Waals surface area contributed by atoms with E-state index < -0.39 is 29.8 Å². The molecule has 3 nitrogen and oxygen atoms in total. The van der Waals surface area contributed by atoms with Crippen molar-refractivity contribution in [3.8, 4) is 11.1 Å². The van der Waals surface area contributed by atoms with Crippen LogP contribution in [0.15, 0.2) is 48.5 Å². The first kappa shape index (κ1) is 17.2. The zero-order chi connectivity index (χ0) is 18.4. The molecule has 0 bridgehead atoms. The van der Waals surface area contributed by atoms with Gasteiger partial charge in [-0.3, -0.25) is 14.5 Å². The van der Waals surface area contributed by atoms with Crippen molar-refractivity contribution in [2.45, 2.75) is 24.9 Å².